The van der Waals surface area contributed by atoms with Gasteiger partial charge >= 0.3 is 0 Å². The molecule has 3 aliphatic carbocycles. The third kappa shape index (κ3) is 1.81. The first-order valence-electron chi connectivity index (χ1n) is 7.39. The molecule has 4 rings (SSSR count). The van der Waals surface area contributed by atoms with E-state index in [1.807, 2.05) is 0 Å². The predicted octanol–water partition coefficient (Wildman–Crippen LogP) is 3.69. The van der Waals surface area contributed by atoms with Crippen molar-refractivity contribution in [2.75, 3.05) is 0 Å². The Bertz CT molecular complexity index is 446. The van der Waals surface area contributed by atoms with E-state index in [1.165, 1.54) is 31.2 Å². The third-order valence-electron chi connectivity index (χ3n) is 5.01. The fourth-order valence-corrected chi connectivity index (χ4v) is 3.73. The van der Waals surface area contributed by atoms with Crippen LogP contribution >= 0.6 is 0 Å². The Kier molecular flexibility index (Phi) is 2.54. The van der Waals surface area contributed by atoms with E-state index in [9.17, 15) is 0 Å². The predicted molar refractivity (Wildman–Crippen MR) is 74.2 cm³/mol. The van der Waals surface area contributed by atoms with Crippen molar-refractivity contribution in [3.05, 3.63) is 48.0 Å². The zero-order chi connectivity index (χ0) is 11.9. The normalized spacial score (nSPS) is 35.0. The van der Waals surface area contributed by atoms with Gasteiger partial charge in [0.05, 0.1) is 0 Å². The highest BCUT2D eigenvalue weighted by atomic mass is 15.0. The highest BCUT2D eigenvalue weighted by Gasteiger charge is 2.43. The Morgan fingerprint density at radius 3 is 2.67 bits per heavy atom. The maximum Gasteiger partial charge on any atom is 0.0351 e. The third-order valence-corrected chi connectivity index (χ3v) is 5.01. The van der Waals surface area contributed by atoms with Gasteiger partial charge in [-0.3, -0.25) is 0 Å². The topological polar surface area (TPSA) is 12.0 Å². The van der Waals surface area contributed by atoms with Crippen LogP contribution in [0.25, 0.3) is 0 Å². The second-order valence-corrected chi connectivity index (χ2v) is 6.24. The molecule has 0 saturated heterocycles. The van der Waals surface area contributed by atoms with E-state index in [2.05, 4.69) is 47.8 Å². The summed E-state index contributed by atoms with van der Waals surface area (Å²) in [6, 6.07) is 12.4. The van der Waals surface area contributed by atoms with Crippen LogP contribution in [-0.4, -0.2) is 6.04 Å². The zero-order valence-electron chi connectivity index (χ0n) is 10.8. The van der Waals surface area contributed by atoms with E-state index in [-0.39, 0.29) is 0 Å². The van der Waals surface area contributed by atoms with Crippen molar-refractivity contribution in [2.24, 2.45) is 17.8 Å². The molecule has 0 amide bonds. The van der Waals surface area contributed by atoms with Gasteiger partial charge in [0.25, 0.3) is 0 Å². The lowest BCUT2D eigenvalue weighted by molar-refractivity contribution is 0.145. The highest BCUT2D eigenvalue weighted by molar-refractivity contribution is 5.23. The van der Waals surface area contributed by atoms with E-state index in [1.54, 1.807) is 0 Å². The molecule has 2 saturated carbocycles. The summed E-state index contributed by atoms with van der Waals surface area (Å²) in [6.45, 7) is 0. The summed E-state index contributed by atoms with van der Waals surface area (Å²) in [5, 5.41) is 3.95. The van der Waals surface area contributed by atoms with Gasteiger partial charge in [0.15, 0.2) is 0 Å². The Hall–Kier alpha value is -1.08. The summed E-state index contributed by atoms with van der Waals surface area (Å²) in [4.78, 5) is 0. The van der Waals surface area contributed by atoms with Crippen LogP contribution in [0.4, 0.5) is 0 Å². The van der Waals surface area contributed by atoms with Crippen molar-refractivity contribution in [1.82, 2.24) is 5.32 Å². The summed E-state index contributed by atoms with van der Waals surface area (Å²) < 4.78 is 0. The monoisotopic (exact) mass is 239 g/mol. The molecule has 4 atom stereocenters. The van der Waals surface area contributed by atoms with Gasteiger partial charge in [-0.05, 0) is 49.0 Å². The molecular weight excluding hydrogens is 218 g/mol. The standard InChI is InChI=1S/C17H21N/c1-2-5-12(6-3-1)17(13-9-10-13)18-16-11-14-7-4-8-15(14)16/h1-6,8,13-18H,7,9-11H2. The minimum absolute atomic E-state index is 0.603. The van der Waals surface area contributed by atoms with Crippen molar-refractivity contribution in [3.63, 3.8) is 0 Å². The number of rotatable bonds is 4. The SMILES string of the molecule is C1=CC2C(C1)CC2NC(c1ccccc1)C1CC1. The number of hydrogen-bond donors (Lipinski definition) is 1. The second kappa shape index (κ2) is 4.24. The molecular formula is C17H21N. The van der Waals surface area contributed by atoms with Crippen LogP contribution in [0, 0.1) is 17.8 Å². The quantitative estimate of drug-likeness (QED) is 0.790. The van der Waals surface area contributed by atoms with Gasteiger partial charge in [0.1, 0.15) is 0 Å². The van der Waals surface area contributed by atoms with Gasteiger partial charge in [0.2, 0.25) is 0 Å². The summed E-state index contributed by atoms with van der Waals surface area (Å²) in [7, 11) is 0. The van der Waals surface area contributed by atoms with E-state index in [0.29, 0.717) is 6.04 Å². The van der Waals surface area contributed by atoms with Gasteiger partial charge in [0, 0.05) is 12.1 Å². The van der Waals surface area contributed by atoms with Crippen molar-refractivity contribution < 1.29 is 0 Å². The summed E-state index contributed by atoms with van der Waals surface area (Å²) >= 11 is 0. The van der Waals surface area contributed by atoms with Crippen LogP contribution in [-0.2, 0) is 0 Å². The second-order valence-electron chi connectivity index (χ2n) is 6.24. The van der Waals surface area contributed by atoms with Gasteiger partial charge in [-0.1, -0.05) is 42.5 Å². The average molecular weight is 239 g/mol. The summed E-state index contributed by atoms with van der Waals surface area (Å²) in [5.74, 6) is 2.67. The number of hydrogen-bond acceptors (Lipinski definition) is 1. The molecule has 1 nitrogen and oxygen atoms in total. The Labute approximate surface area is 109 Å². The van der Waals surface area contributed by atoms with E-state index in [4.69, 9.17) is 0 Å². The van der Waals surface area contributed by atoms with Crippen LogP contribution in [0.1, 0.15) is 37.3 Å². The lowest BCUT2D eigenvalue weighted by Crippen LogP contribution is -2.49. The average Bonchev–Trinajstić information content (AvgIpc) is 3.15. The zero-order valence-corrected chi connectivity index (χ0v) is 10.8. The van der Waals surface area contributed by atoms with Gasteiger partial charge in [-0.25, -0.2) is 0 Å². The molecule has 0 bridgehead atoms. The molecule has 0 heterocycles. The molecule has 1 aromatic carbocycles. The molecule has 1 N–H and O–H groups in total. The Morgan fingerprint density at radius 1 is 1.11 bits per heavy atom. The van der Waals surface area contributed by atoms with E-state index < -0.39 is 0 Å². The highest BCUT2D eigenvalue weighted by Crippen LogP contribution is 2.47. The number of allylic oxidation sites excluding steroid dienone is 1. The Balaban J connectivity index is 1.49. The first-order valence-corrected chi connectivity index (χ1v) is 7.39. The lowest BCUT2D eigenvalue weighted by atomic mass is 9.71. The van der Waals surface area contributed by atoms with Gasteiger partial charge < -0.3 is 5.32 Å². The molecule has 3 aliphatic rings. The first-order chi connectivity index (χ1) is 8.92. The number of fused-ring (bicyclic) bond motifs is 1. The van der Waals surface area contributed by atoms with Gasteiger partial charge in [-0.2, -0.15) is 0 Å². The molecule has 0 radical (unpaired) electrons. The van der Waals surface area contributed by atoms with Crippen molar-refractivity contribution in [1.29, 1.82) is 0 Å². The fraction of sp³-hybridized carbons (Fsp3) is 0.529. The molecule has 1 aromatic rings. The smallest absolute Gasteiger partial charge is 0.0351 e. The molecule has 0 aliphatic heterocycles. The van der Waals surface area contributed by atoms with Crippen LogP contribution in [0.5, 0.6) is 0 Å². The minimum Gasteiger partial charge on any atom is -0.306 e. The van der Waals surface area contributed by atoms with Crippen LogP contribution in [0.2, 0.25) is 0 Å². The van der Waals surface area contributed by atoms with E-state index >= 15 is 0 Å². The lowest BCUT2D eigenvalue weighted by Gasteiger charge is -2.43. The van der Waals surface area contributed by atoms with Crippen molar-refractivity contribution in [2.45, 2.75) is 37.8 Å². The maximum absolute atomic E-state index is 3.95. The van der Waals surface area contributed by atoms with E-state index in [0.717, 1.165) is 23.8 Å². The molecule has 2 fully saturated rings. The maximum atomic E-state index is 3.95. The van der Waals surface area contributed by atoms with Crippen LogP contribution in [0.15, 0.2) is 42.5 Å². The van der Waals surface area contributed by atoms with Crippen molar-refractivity contribution in [3.8, 4) is 0 Å². The molecule has 18 heavy (non-hydrogen) atoms. The molecule has 4 unspecified atom stereocenters. The van der Waals surface area contributed by atoms with Crippen molar-refractivity contribution >= 4 is 0 Å². The molecule has 94 valence electrons. The summed E-state index contributed by atoms with van der Waals surface area (Å²) in [6.07, 6.45) is 10.3. The molecule has 0 aromatic heterocycles. The number of benzene rings is 1. The van der Waals surface area contributed by atoms with Crippen LogP contribution in [0.3, 0.4) is 0 Å². The fourth-order valence-electron chi connectivity index (χ4n) is 3.73. The number of nitrogens with one attached hydrogen (secondary N) is 1. The summed E-state index contributed by atoms with van der Waals surface area (Å²) in [5.41, 5.74) is 1.49. The Morgan fingerprint density at radius 2 is 1.94 bits per heavy atom. The van der Waals surface area contributed by atoms with Gasteiger partial charge in [-0.15, -0.1) is 0 Å². The largest absolute Gasteiger partial charge is 0.306 e. The molecule has 0 spiro atoms. The first kappa shape index (κ1) is 10.8. The van der Waals surface area contributed by atoms with Crippen LogP contribution < -0.4 is 5.32 Å². The minimum atomic E-state index is 0.603. The molecule has 1 heteroatoms.